The van der Waals surface area contributed by atoms with E-state index in [1.807, 2.05) is 37.3 Å². The standard InChI is InChI=1S/C16H20N2O/c1-11(2)13-5-4-6-15(9-13)19-16-10-14(12(3)17)7-8-18-16/h4-12H,17H2,1-3H3/t12-/m1/s1. The van der Waals surface area contributed by atoms with Crippen LogP contribution in [-0.4, -0.2) is 4.98 Å². The van der Waals surface area contributed by atoms with Crippen molar-refractivity contribution in [2.45, 2.75) is 32.7 Å². The lowest BCUT2D eigenvalue weighted by Gasteiger charge is -2.10. The summed E-state index contributed by atoms with van der Waals surface area (Å²) < 4.78 is 5.79. The monoisotopic (exact) mass is 256 g/mol. The molecule has 19 heavy (non-hydrogen) atoms. The minimum atomic E-state index is -0.0210. The van der Waals surface area contributed by atoms with E-state index in [0.29, 0.717) is 11.8 Å². The first kappa shape index (κ1) is 13.6. The van der Waals surface area contributed by atoms with E-state index >= 15 is 0 Å². The zero-order chi connectivity index (χ0) is 13.8. The molecule has 0 bridgehead atoms. The molecule has 0 amide bonds. The van der Waals surface area contributed by atoms with Gasteiger partial charge < -0.3 is 10.5 Å². The van der Waals surface area contributed by atoms with Crippen molar-refractivity contribution in [2.75, 3.05) is 0 Å². The maximum Gasteiger partial charge on any atom is 0.219 e. The van der Waals surface area contributed by atoms with Gasteiger partial charge in [-0.1, -0.05) is 26.0 Å². The Morgan fingerprint density at radius 1 is 1.05 bits per heavy atom. The van der Waals surface area contributed by atoms with Crippen molar-refractivity contribution >= 4 is 0 Å². The number of hydrogen-bond donors (Lipinski definition) is 1. The van der Waals surface area contributed by atoms with Gasteiger partial charge in [0.05, 0.1) is 0 Å². The third kappa shape index (κ3) is 3.55. The first-order valence-corrected chi connectivity index (χ1v) is 6.55. The molecule has 0 saturated heterocycles. The Morgan fingerprint density at radius 2 is 1.84 bits per heavy atom. The molecule has 1 aromatic carbocycles. The van der Waals surface area contributed by atoms with E-state index in [0.717, 1.165) is 11.3 Å². The topological polar surface area (TPSA) is 48.1 Å². The summed E-state index contributed by atoms with van der Waals surface area (Å²) in [4.78, 5) is 4.21. The zero-order valence-corrected chi connectivity index (χ0v) is 11.6. The first-order chi connectivity index (χ1) is 9.06. The molecular weight excluding hydrogens is 236 g/mol. The summed E-state index contributed by atoms with van der Waals surface area (Å²) in [6.45, 7) is 6.26. The van der Waals surface area contributed by atoms with E-state index in [1.54, 1.807) is 6.20 Å². The van der Waals surface area contributed by atoms with Gasteiger partial charge >= 0.3 is 0 Å². The Hall–Kier alpha value is -1.87. The van der Waals surface area contributed by atoms with Crippen molar-refractivity contribution in [1.82, 2.24) is 4.98 Å². The van der Waals surface area contributed by atoms with Crippen molar-refractivity contribution in [3.05, 3.63) is 53.7 Å². The van der Waals surface area contributed by atoms with E-state index in [2.05, 4.69) is 24.9 Å². The molecule has 2 N–H and O–H groups in total. The molecule has 100 valence electrons. The van der Waals surface area contributed by atoms with Gasteiger partial charge in [-0.25, -0.2) is 4.98 Å². The summed E-state index contributed by atoms with van der Waals surface area (Å²) in [6, 6.07) is 11.8. The summed E-state index contributed by atoms with van der Waals surface area (Å²) in [6.07, 6.45) is 1.72. The SMILES string of the molecule is CC(C)c1cccc(Oc2cc([C@@H](C)N)ccn2)c1. The van der Waals surface area contributed by atoms with Crippen LogP contribution in [0.25, 0.3) is 0 Å². The van der Waals surface area contributed by atoms with Gasteiger partial charge in [0.2, 0.25) is 5.88 Å². The highest BCUT2D eigenvalue weighted by molar-refractivity contribution is 5.34. The number of pyridine rings is 1. The summed E-state index contributed by atoms with van der Waals surface area (Å²) in [5.74, 6) is 1.86. The smallest absolute Gasteiger partial charge is 0.219 e. The Labute approximate surface area is 114 Å². The number of ether oxygens (including phenoxy) is 1. The average Bonchev–Trinajstić information content (AvgIpc) is 2.39. The average molecular weight is 256 g/mol. The molecule has 0 radical (unpaired) electrons. The second-order valence-electron chi connectivity index (χ2n) is 5.05. The molecule has 3 nitrogen and oxygen atoms in total. The largest absolute Gasteiger partial charge is 0.439 e. The zero-order valence-electron chi connectivity index (χ0n) is 11.6. The second-order valence-corrected chi connectivity index (χ2v) is 5.05. The molecule has 0 aliphatic heterocycles. The van der Waals surface area contributed by atoms with E-state index in [9.17, 15) is 0 Å². The predicted molar refractivity (Wildman–Crippen MR) is 77.4 cm³/mol. The molecule has 0 unspecified atom stereocenters. The molecular formula is C16H20N2O. The van der Waals surface area contributed by atoms with Gasteiger partial charge in [0, 0.05) is 18.3 Å². The molecule has 2 aromatic rings. The molecule has 1 heterocycles. The number of hydrogen-bond acceptors (Lipinski definition) is 3. The van der Waals surface area contributed by atoms with Gasteiger partial charge in [0.25, 0.3) is 0 Å². The van der Waals surface area contributed by atoms with E-state index < -0.39 is 0 Å². The molecule has 2 rings (SSSR count). The van der Waals surface area contributed by atoms with Crippen LogP contribution >= 0.6 is 0 Å². The fourth-order valence-electron chi connectivity index (χ4n) is 1.82. The number of aromatic nitrogens is 1. The van der Waals surface area contributed by atoms with Crippen LogP contribution in [-0.2, 0) is 0 Å². The van der Waals surface area contributed by atoms with E-state index in [1.165, 1.54) is 5.56 Å². The summed E-state index contributed by atoms with van der Waals surface area (Å²) in [7, 11) is 0. The number of nitrogens with zero attached hydrogens (tertiary/aromatic N) is 1. The van der Waals surface area contributed by atoms with Gasteiger partial charge in [-0.2, -0.15) is 0 Å². The van der Waals surface area contributed by atoms with Crippen molar-refractivity contribution in [3.63, 3.8) is 0 Å². The summed E-state index contributed by atoms with van der Waals surface area (Å²) in [5.41, 5.74) is 8.13. The minimum Gasteiger partial charge on any atom is -0.439 e. The molecule has 0 saturated carbocycles. The van der Waals surface area contributed by atoms with Crippen LogP contribution in [0, 0.1) is 0 Å². The van der Waals surface area contributed by atoms with Crippen molar-refractivity contribution in [2.24, 2.45) is 5.73 Å². The second kappa shape index (κ2) is 5.85. The van der Waals surface area contributed by atoms with Crippen molar-refractivity contribution < 1.29 is 4.74 Å². The fraction of sp³-hybridized carbons (Fsp3) is 0.312. The van der Waals surface area contributed by atoms with Gasteiger partial charge in [-0.3, -0.25) is 0 Å². The molecule has 0 aliphatic rings. The predicted octanol–water partition coefficient (Wildman–Crippen LogP) is 4.02. The molecule has 0 aliphatic carbocycles. The Morgan fingerprint density at radius 3 is 2.53 bits per heavy atom. The lowest BCUT2D eigenvalue weighted by Crippen LogP contribution is -2.05. The third-order valence-corrected chi connectivity index (χ3v) is 3.03. The highest BCUT2D eigenvalue weighted by Crippen LogP contribution is 2.25. The molecule has 3 heteroatoms. The van der Waals surface area contributed by atoms with Gasteiger partial charge in [0.1, 0.15) is 5.75 Å². The van der Waals surface area contributed by atoms with Crippen molar-refractivity contribution in [3.8, 4) is 11.6 Å². The van der Waals surface area contributed by atoms with Crippen LogP contribution in [0.1, 0.15) is 43.9 Å². The number of nitrogens with two attached hydrogens (primary N) is 1. The minimum absolute atomic E-state index is 0.0210. The molecule has 1 aromatic heterocycles. The van der Waals surface area contributed by atoms with Gasteiger partial charge in [-0.05, 0) is 42.2 Å². The van der Waals surface area contributed by atoms with Gasteiger partial charge in [-0.15, -0.1) is 0 Å². The number of benzene rings is 1. The molecule has 1 atom stereocenters. The maximum atomic E-state index is 5.86. The number of rotatable bonds is 4. The third-order valence-electron chi connectivity index (χ3n) is 3.03. The summed E-state index contributed by atoms with van der Waals surface area (Å²) >= 11 is 0. The summed E-state index contributed by atoms with van der Waals surface area (Å²) in [5, 5.41) is 0. The van der Waals surface area contributed by atoms with Crippen LogP contribution in [0.15, 0.2) is 42.6 Å². The van der Waals surface area contributed by atoms with Crippen molar-refractivity contribution in [1.29, 1.82) is 0 Å². The van der Waals surface area contributed by atoms with Crippen LogP contribution in [0.4, 0.5) is 0 Å². The lowest BCUT2D eigenvalue weighted by molar-refractivity contribution is 0.460. The fourth-order valence-corrected chi connectivity index (χ4v) is 1.82. The maximum absolute atomic E-state index is 5.86. The lowest BCUT2D eigenvalue weighted by atomic mass is 10.0. The quantitative estimate of drug-likeness (QED) is 0.898. The normalized spacial score (nSPS) is 12.5. The van der Waals surface area contributed by atoms with Crippen LogP contribution in [0.2, 0.25) is 0 Å². The van der Waals surface area contributed by atoms with E-state index in [-0.39, 0.29) is 6.04 Å². The van der Waals surface area contributed by atoms with Crippen LogP contribution in [0.3, 0.4) is 0 Å². The highest BCUT2D eigenvalue weighted by atomic mass is 16.5. The van der Waals surface area contributed by atoms with Crippen LogP contribution < -0.4 is 10.5 Å². The first-order valence-electron chi connectivity index (χ1n) is 6.55. The van der Waals surface area contributed by atoms with Crippen LogP contribution in [0.5, 0.6) is 11.6 Å². The molecule has 0 fully saturated rings. The van der Waals surface area contributed by atoms with Gasteiger partial charge in [0.15, 0.2) is 0 Å². The Kier molecular flexibility index (Phi) is 4.17. The highest BCUT2D eigenvalue weighted by Gasteiger charge is 2.05. The Balaban J connectivity index is 2.21. The van der Waals surface area contributed by atoms with E-state index in [4.69, 9.17) is 10.5 Å². The molecule has 0 spiro atoms. The Bertz CT molecular complexity index is 500.